The van der Waals surface area contributed by atoms with Crippen LogP contribution in [0, 0.1) is 11.8 Å². The Morgan fingerprint density at radius 1 is 0.905 bits per heavy atom. The number of rotatable bonds is 6. The summed E-state index contributed by atoms with van der Waals surface area (Å²) in [5.74, 6) is -0.764. The molecule has 0 N–H and O–H groups in total. The second-order valence-corrected chi connectivity index (χ2v) is 11.8. The van der Waals surface area contributed by atoms with Gasteiger partial charge in [-0.1, -0.05) is 61.4 Å². The standard InChI is InChI=1S/C34H48O8/c1-23(17-32(35)38-4)10-7-6-8-13-31-25(3)15-14-24(2)16-27-11-9-12-28(40-27)21-29-18-26(20-33(36)39-5)19-30(41-29)22-34(37)42-31/h6-8,10,13-15,20,24-25,27-31H,9,11-12,16-19,21-22H2,1-5H3/b7-6-,13-8+,15-14-,23-10+,26-20-/t24-,25-,27+,28-,29+,30-,31-/m0/s1. The van der Waals surface area contributed by atoms with E-state index in [1.54, 1.807) is 0 Å². The number of esters is 3. The molecule has 4 bridgehead atoms. The van der Waals surface area contributed by atoms with E-state index in [1.807, 2.05) is 44.2 Å². The summed E-state index contributed by atoms with van der Waals surface area (Å²) in [5.41, 5.74) is 1.80. The Hall–Kier alpha value is -2.97. The van der Waals surface area contributed by atoms with E-state index >= 15 is 0 Å². The average molecular weight is 585 g/mol. The van der Waals surface area contributed by atoms with E-state index in [4.69, 9.17) is 23.7 Å². The Kier molecular flexibility index (Phi) is 13.7. The first-order chi connectivity index (χ1) is 20.1. The summed E-state index contributed by atoms with van der Waals surface area (Å²) >= 11 is 0. The second kappa shape index (κ2) is 17.2. The van der Waals surface area contributed by atoms with Crippen LogP contribution in [0.3, 0.4) is 0 Å². The zero-order valence-electron chi connectivity index (χ0n) is 25.8. The molecular weight excluding hydrogens is 536 g/mol. The molecule has 0 amide bonds. The molecule has 0 radical (unpaired) electrons. The minimum absolute atomic E-state index is 0.0552. The van der Waals surface area contributed by atoms with Gasteiger partial charge in [-0.2, -0.15) is 0 Å². The van der Waals surface area contributed by atoms with Crippen molar-refractivity contribution in [2.75, 3.05) is 14.2 Å². The number of fused-ring (bicyclic) bond motifs is 4. The molecule has 8 nitrogen and oxygen atoms in total. The fraction of sp³-hybridized carbons (Fsp3) is 0.618. The number of hydrogen-bond donors (Lipinski definition) is 0. The van der Waals surface area contributed by atoms with Gasteiger partial charge in [0.25, 0.3) is 0 Å². The molecule has 0 aromatic heterocycles. The van der Waals surface area contributed by atoms with Gasteiger partial charge in [0.05, 0.1) is 51.5 Å². The highest BCUT2D eigenvalue weighted by Gasteiger charge is 2.33. The van der Waals surface area contributed by atoms with Crippen LogP contribution in [0.2, 0.25) is 0 Å². The summed E-state index contributed by atoms with van der Waals surface area (Å²) < 4.78 is 28.5. The van der Waals surface area contributed by atoms with Gasteiger partial charge in [-0.05, 0) is 57.4 Å². The smallest absolute Gasteiger partial charge is 0.330 e. The molecule has 2 fully saturated rings. The molecule has 8 heteroatoms. The lowest BCUT2D eigenvalue weighted by Crippen LogP contribution is -2.37. The third kappa shape index (κ3) is 11.7. The van der Waals surface area contributed by atoms with Gasteiger partial charge < -0.3 is 23.7 Å². The normalized spacial score (nSPS) is 33.4. The van der Waals surface area contributed by atoms with Crippen molar-refractivity contribution in [3.05, 3.63) is 59.8 Å². The molecule has 0 aliphatic carbocycles. The predicted molar refractivity (Wildman–Crippen MR) is 160 cm³/mol. The van der Waals surface area contributed by atoms with Gasteiger partial charge in [0.2, 0.25) is 0 Å². The Balaban J connectivity index is 1.80. The van der Waals surface area contributed by atoms with Crippen LogP contribution in [0.5, 0.6) is 0 Å². The molecule has 2 saturated heterocycles. The Bertz CT molecular complexity index is 1070. The third-order valence-electron chi connectivity index (χ3n) is 7.96. The fourth-order valence-electron chi connectivity index (χ4n) is 5.75. The monoisotopic (exact) mass is 584 g/mol. The van der Waals surface area contributed by atoms with Gasteiger partial charge in [-0.15, -0.1) is 0 Å². The van der Waals surface area contributed by atoms with E-state index < -0.39 is 18.2 Å². The molecule has 0 saturated carbocycles. The van der Waals surface area contributed by atoms with E-state index in [0.29, 0.717) is 18.8 Å². The zero-order valence-corrected chi connectivity index (χ0v) is 25.8. The highest BCUT2D eigenvalue weighted by molar-refractivity contribution is 5.82. The van der Waals surface area contributed by atoms with Crippen LogP contribution >= 0.6 is 0 Å². The largest absolute Gasteiger partial charge is 0.469 e. The molecule has 3 aliphatic heterocycles. The molecule has 0 unspecified atom stereocenters. The number of allylic oxidation sites excluding steroid dienone is 5. The molecule has 232 valence electrons. The summed E-state index contributed by atoms with van der Waals surface area (Å²) in [6.45, 7) is 6.10. The van der Waals surface area contributed by atoms with E-state index in [0.717, 1.165) is 43.3 Å². The van der Waals surface area contributed by atoms with Crippen LogP contribution in [0.4, 0.5) is 0 Å². The lowest BCUT2D eigenvalue weighted by molar-refractivity contribution is -0.154. The maximum Gasteiger partial charge on any atom is 0.330 e. The number of cyclic esters (lactones) is 1. The Morgan fingerprint density at radius 3 is 2.36 bits per heavy atom. The highest BCUT2D eigenvalue weighted by atomic mass is 16.6. The fourth-order valence-corrected chi connectivity index (χ4v) is 5.75. The molecule has 3 aliphatic rings. The van der Waals surface area contributed by atoms with Crippen LogP contribution in [0.25, 0.3) is 0 Å². The van der Waals surface area contributed by atoms with Crippen molar-refractivity contribution in [1.82, 2.24) is 0 Å². The van der Waals surface area contributed by atoms with Crippen molar-refractivity contribution in [3.8, 4) is 0 Å². The van der Waals surface area contributed by atoms with Gasteiger partial charge >= 0.3 is 17.9 Å². The molecule has 0 aromatic rings. The van der Waals surface area contributed by atoms with Crippen LogP contribution in [0.15, 0.2) is 59.8 Å². The van der Waals surface area contributed by atoms with Gasteiger partial charge in [-0.3, -0.25) is 9.59 Å². The molecule has 0 spiro atoms. The van der Waals surface area contributed by atoms with Crippen molar-refractivity contribution in [2.45, 2.75) is 109 Å². The van der Waals surface area contributed by atoms with Crippen LogP contribution in [-0.4, -0.2) is 62.6 Å². The van der Waals surface area contributed by atoms with Crippen LogP contribution in [0.1, 0.15) is 78.6 Å². The van der Waals surface area contributed by atoms with E-state index in [1.165, 1.54) is 20.3 Å². The SMILES string of the molecule is COC(=O)/C=C1\C[C@H]2CC(=O)O[C@@H](/C=C/C=C\C=C(/C)CC(=O)OC)[C@@H](C)/C=C\[C@H](C)C[C@H]3CCC[C@@H](C[C@@H](C1)O2)O3. The van der Waals surface area contributed by atoms with Crippen molar-refractivity contribution in [1.29, 1.82) is 0 Å². The number of methoxy groups -OCH3 is 2. The summed E-state index contributed by atoms with van der Waals surface area (Å²) in [4.78, 5) is 36.7. The van der Waals surface area contributed by atoms with Gasteiger partial charge in [0.15, 0.2) is 0 Å². The van der Waals surface area contributed by atoms with Crippen molar-refractivity contribution >= 4 is 17.9 Å². The number of ether oxygens (including phenoxy) is 5. The van der Waals surface area contributed by atoms with Gasteiger partial charge in [0, 0.05) is 18.4 Å². The Morgan fingerprint density at radius 2 is 1.62 bits per heavy atom. The van der Waals surface area contributed by atoms with E-state index in [9.17, 15) is 14.4 Å². The first-order valence-electron chi connectivity index (χ1n) is 15.2. The number of carbonyl (C=O) groups excluding carboxylic acids is 3. The number of carbonyl (C=O) groups is 3. The second-order valence-electron chi connectivity index (χ2n) is 11.8. The predicted octanol–water partition coefficient (Wildman–Crippen LogP) is 6.12. The molecule has 0 aromatic carbocycles. The van der Waals surface area contributed by atoms with E-state index in [2.05, 4.69) is 19.1 Å². The number of hydrogen-bond acceptors (Lipinski definition) is 8. The summed E-state index contributed by atoms with van der Waals surface area (Å²) in [5, 5.41) is 0. The molecular formula is C34H48O8. The minimum atomic E-state index is -0.474. The molecule has 42 heavy (non-hydrogen) atoms. The average Bonchev–Trinajstić information content (AvgIpc) is 2.94. The maximum absolute atomic E-state index is 13.2. The molecule has 3 heterocycles. The quantitative estimate of drug-likeness (QED) is 0.121. The third-order valence-corrected chi connectivity index (χ3v) is 7.96. The summed E-state index contributed by atoms with van der Waals surface area (Å²) in [6.07, 6.45) is 20.7. The first kappa shape index (κ1) is 33.5. The Labute approximate surface area is 250 Å². The minimum Gasteiger partial charge on any atom is -0.469 e. The van der Waals surface area contributed by atoms with Gasteiger partial charge in [0.1, 0.15) is 6.10 Å². The van der Waals surface area contributed by atoms with E-state index in [-0.39, 0.29) is 49.0 Å². The topological polar surface area (TPSA) is 97.4 Å². The lowest BCUT2D eigenvalue weighted by Gasteiger charge is -2.37. The highest BCUT2D eigenvalue weighted by Crippen LogP contribution is 2.33. The van der Waals surface area contributed by atoms with Crippen molar-refractivity contribution in [3.63, 3.8) is 0 Å². The summed E-state index contributed by atoms with van der Waals surface area (Å²) in [7, 11) is 2.74. The molecule has 3 rings (SSSR count). The lowest BCUT2D eigenvalue weighted by atomic mass is 9.89. The van der Waals surface area contributed by atoms with Crippen molar-refractivity contribution < 1.29 is 38.1 Å². The van der Waals surface area contributed by atoms with Crippen molar-refractivity contribution in [2.24, 2.45) is 11.8 Å². The summed E-state index contributed by atoms with van der Waals surface area (Å²) in [6, 6.07) is 0. The zero-order chi connectivity index (χ0) is 30.5. The van der Waals surface area contributed by atoms with Crippen LogP contribution < -0.4 is 0 Å². The maximum atomic E-state index is 13.2. The first-order valence-corrected chi connectivity index (χ1v) is 15.2. The molecule has 7 atom stereocenters. The van der Waals surface area contributed by atoms with Gasteiger partial charge in [-0.25, -0.2) is 4.79 Å². The van der Waals surface area contributed by atoms with Crippen LogP contribution in [-0.2, 0) is 38.1 Å².